The molecule has 0 radical (unpaired) electrons. The summed E-state index contributed by atoms with van der Waals surface area (Å²) in [4.78, 5) is 8.31. The summed E-state index contributed by atoms with van der Waals surface area (Å²) in [5.41, 5.74) is 6.84. The van der Waals surface area contributed by atoms with Crippen molar-refractivity contribution in [1.82, 2.24) is 19.7 Å². The first kappa shape index (κ1) is 21.6. The average Bonchev–Trinajstić information content (AvgIpc) is 3.13. The number of rotatable bonds is 8. The molecule has 0 spiro atoms. The number of hydrogen-bond donors (Lipinski definition) is 2. The molecular formula is C21H20F2N6O3. The van der Waals surface area contributed by atoms with Crippen molar-refractivity contribution in [3.63, 3.8) is 0 Å². The van der Waals surface area contributed by atoms with Gasteiger partial charge in [-0.2, -0.15) is 20.3 Å². The van der Waals surface area contributed by atoms with Crippen molar-refractivity contribution in [2.45, 2.75) is 25.4 Å². The molecule has 32 heavy (non-hydrogen) atoms. The first-order valence-electron chi connectivity index (χ1n) is 9.80. The molecule has 2 aromatic heterocycles. The SMILES string of the molecule is Cc1nc(OCC2CC2(F)F)cc(Oc2cc(C#N)ccc2-n2cc(C(O)CN)cn2)n1. The van der Waals surface area contributed by atoms with Crippen LogP contribution < -0.4 is 15.2 Å². The third kappa shape index (κ3) is 4.66. The van der Waals surface area contributed by atoms with Crippen LogP contribution in [0.25, 0.3) is 5.69 Å². The molecule has 1 saturated carbocycles. The number of hydrogen-bond acceptors (Lipinski definition) is 8. The molecule has 3 aromatic rings. The van der Waals surface area contributed by atoms with Gasteiger partial charge >= 0.3 is 0 Å². The zero-order chi connectivity index (χ0) is 22.9. The summed E-state index contributed by atoms with van der Waals surface area (Å²) in [6.45, 7) is 1.50. The van der Waals surface area contributed by atoms with Gasteiger partial charge in [0.05, 0.1) is 42.5 Å². The summed E-state index contributed by atoms with van der Waals surface area (Å²) in [5.74, 6) is -2.70. The highest BCUT2D eigenvalue weighted by atomic mass is 19.3. The van der Waals surface area contributed by atoms with Crippen LogP contribution >= 0.6 is 0 Å². The second-order valence-corrected chi connectivity index (χ2v) is 7.43. The second kappa shape index (κ2) is 8.49. The molecule has 0 aliphatic heterocycles. The van der Waals surface area contributed by atoms with Crippen molar-refractivity contribution in [3.05, 3.63) is 53.6 Å². The number of nitrogens with zero attached hydrogens (tertiary/aromatic N) is 5. The van der Waals surface area contributed by atoms with Gasteiger partial charge in [-0.3, -0.25) is 0 Å². The van der Waals surface area contributed by atoms with Crippen LogP contribution in [0.15, 0.2) is 36.7 Å². The van der Waals surface area contributed by atoms with Crippen LogP contribution in [-0.2, 0) is 0 Å². The Hall–Kier alpha value is -3.62. The Morgan fingerprint density at radius 3 is 2.78 bits per heavy atom. The van der Waals surface area contributed by atoms with Gasteiger partial charge in [0.15, 0.2) is 5.75 Å². The van der Waals surface area contributed by atoms with Gasteiger partial charge in [-0.25, -0.2) is 13.5 Å². The Kier molecular flexibility index (Phi) is 5.73. The molecule has 0 amide bonds. The lowest BCUT2D eigenvalue weighted by atomic mass is 10.2. The Morgan fingerprint density at radius 1 is 1.34 bits per heavy atom. The molecule has 2 unspecified atom stereocenters. The standard InChI is InChI=1S/C21H20F2N6O3/c1-12-27-19(31-11-15-6-21(15,22)23)5-20(28-12)32-18-4-13(7-24)2-3-16(18)29-10-14(9-26-29)17(30)8-25/h2-5,9-10,15,17,30H,6,8,11,25H2,1H3. The molecule has 3 N–H and O–H groups in total. The maximum atomic E-state index is 13.1. The first-order chi connectivity index (χ1) is 15.3. The summed E-state index contributed by atoms with van der Waals surface area (Å²) >= 11 is 0. The average molecular weight is 442 g/mol. The first-order valence-corrected chi connectivity index (χ1v) is 9.80. The van der Waals surface area contributed by atoms with E-state index in [0.717, 1.165) is 0 Å². The van der Waals surface area contributed by atoms with E-state index in [4.69, 9.17) is 15.2 Å². The van der Waals surface area contributed by atoms with E-state index in [1.807, 2.05) is 6.07 Å². The highest BCUT2D eigenvalue weighted by Gasteiger charge is 2.57. The number of aliphatic hydroxyl groups excluding tert-OH is 1. The fourth-order valence-corrected chi connectivity index (χ4v) is 3.02. The highest BCUT2D eigenvalue weighted by Crippen LogP contribution is 2.48. The van der Waals surface area contributed by atoms with E-state index in [1.54, 1.807) is 25.3 Å². The molecule has 1 aliphatic carbocycles. The van der Waals surface area contributed by atoms with Crippen molar-refractivity contribution < 1.29 is 23.4 Å². The number of nitriles is 1. The van der Waals surface area contributed by atoms with Gasteiger partial charge in [-0.15, -0.1) is 0 Å². The normalized spacial score (nSPS) is 17.4. The zero-order valence-electron chi connectivity index (χ0n) is 17.1. The summed E-state index contributed by atoms with van der Waals surface area (Å²) in [5, 5.41) is 23.4. The van der Waals surface area contributed by atoms with Crippen LogP contribution in [-0.4, -0.2) is 43.9 Å². The molecule has 1 fully saturated rings. The minimum absolute atomic E-state index is 0.0399. The molecule has 0 saturated heterocycles. The number of aromatic nitrogens is 4. The summed E-state index contributed by atoms with van der Waals surface area (Å²) < 4.78 is 39.0. The fraction of sp³-hybridized carbons (Fsp3) is 0.333. The summed E-state index contributed by atoms with van der Waals surface area (Å²) in [7, 11) is 0. The lowest BCUT2D eigenvalue weighted by Gasteiger charge is -2.13. The molecule has 166 valence electrons. The topological polar surface area (TPSA) is 132 Å². The van der Waals surface area contributed by atoms with Crippen LogP contribution in [0.3, 0.4) is 0 Å². The quantitative estimate of drug-likeness (QED) is 0.544. The van der Waals surface area contributed by atoms with E-state index in [1.165, 1.54) is 23.0 Å². The molecule has 4 rings (SSSR count). The number of benzene rings is 1. The highest BCUT2D eigenvalue weighted by molar-refractivity contribution is 5.52. The van der Waals surface area contributed by atoms with E-state index in [2.05, 4.69) is 15.1 Å². The van der Waals surface area contributed by atoms with Crippen molar-refractivity contribution in [2.24, 2.45) is 11.7 Å². The van der Waals surface area contributed by atoms with Crippen molar-refractivity contribution >= 4 is 0 Å². The third-order valence-electron chi connectivity index (χ3n) is 4.94. The Morgan fingerprint density at radius 2 is 2.09 bits per heavy atom. The molecule has 1 aliphatic rings. The molecule has 0 bridgehead atoms. The molecule has 2 heterocycles. The minimum Gasteiger partial charge on any atom is -0.477 e. The Bertz CT molecular complexity index is 1180. The lowest BCUT2D eigenvalue weighted by molar-refractivity contribution is 0.0849. The van der Waals surface area contributed by atoms with Gasteiger partial charge < -0.3 is 20.3 Å². The smallest absolute Gasteiger partial charge is 0.255 e. The van der Waals surface area contributed by atoms with Gasteiger partial charge in [0, 0.05) is 30.8 Å². The Labute approximate surface area is 182 Å². The third-order valence-corrected chi connectivity index (χ3v) is 4.94. The van der Waals surface area contributed by atoms with E-state index >= 15 is 0 Å². The van der Waals surface area contributed by atoms with Crippen molar-refractivity contribution in [3.8, 4) is 29.3 Å². The predicted molar refractivity (Wildman–Crippen MR) is 108 cm³/mol. The number of halogens is 2. The zero-order valence-corrected chi connectivity index (χ0v) is 17.1. The molecule has 11 heteroatoms. The number of nitrogens with two attached hydrogens (primary N) is 1. The van der Waals surface area contributed by atoms with Gasteiger partial charge in [-0.1, -0.05) is 0 Å². The minimum atomic E-state index is -2.69. The monoisotopic (exact) mass is 442 g/mol. The molecule has 1 aromatic carbocycles. The van der Waals surface area contributed by atoms with Crippen LogP contribution in [0.5, 0.6) is 17.5 Å². The van der Waals surface area contributed by atoms with Crippen LogP contribution in [0.1, 0.15) is 29.5 Å². The predicted octanol–water partition coefficient (Wildman–Crippen LogP) is 2.66. The van der Waals surface area contributed by atoms with Crippen molar-refractivity contribution in [2.75, 3.05) is 13.2 Å². The van der Waals surface area contributed by atoms with Crippen molar-refractivity contribution in [1.29, 1.82) is 5.26 Å². The van der Waals surface area contributed by atoms with Gasteiger partial charge in [0.2, 0.25) is 11.8 Å². The second-order valence-electron chi connectivity index (χ2n) is 7.43. The maximum Gasteiger partial charge on any atom is 0.255 e. The van der Waals surface area contributed by atoms with Crippen LogP contribution in [0, 0.1) is 24.2 Å². The number of alkyl halides is 2. The maximum absolute atomic E-state index is 13.1. The number of aryl methyl sites for hydroxylation is 1. The summed E-state index contributed by atoms with van der Waals surface area (Å²) in [6, 6.07) is 8.18. The lowest BCUT2D eigenvalue weighted by Crippen LogP contribution is -2.10. The summed E-state index contributed by atoms with van der Waals surface area (Å²) in [6.07, 6.45) is 2.01. The van der Waals surface area contributed by atoms with Crippen LogP contribution in [0.4, 0.5) is 8.78 Å². The van der Waals surface area contributed by atoms with E-state index in [0.29, 0.717) is 22.6 Å². The molecule has 2 atom stereocenters. The molecule has 9 nitrogen and oxygen atoms in total. The van der Waals surface area contributed by atoms with E-state index in [9.17, 15) is 19.1 Å². The van der Waals surface area contributed by atoms with Gasteiger partial charge in [-0.05, 0) is 19.1 Å². The van der Waals surface area contributed by atoms with E-state index in [-0.39, 0.29) is 37.1 Å². The fourth-order valence-electron chi connectivity index (χ4n) is 3.02. The van der Waals surface area contributed by atoms with Gasteiger partial charge in [0.25, 0.3) is 5.92 Å². The largest absolute Gasteiger partial charge is 0.477 e. The number of ether oxygens (including phenoxy) is 2. The number of aliphatic hydroxyl groups is 1. The van der Waals surface area contributed by atoms with Gasteiger partial charge in [0.1, 0.15) is 11.5 Å². The van der Waals surface area contributed by atoms with E-state index < -0.39 is 17.9 Å². The van der Waals surface area contributed by atoms with Crippen LogP contribution in [0.2, 0.25) is 0 Å². The molecular weight excluding hydrogens is 422 g/mol. The Balaban J connectivity index is 1.61.